The van der Waals surface area contributed by atoms with Crippen LogP contribution >= 0.6 is 0 Å². The number of benzene rings is 3. The molecule has 4 atom stereocenters. The molecule has 0 radical (unpaired) electrons. The zero-order chi connectivity index (χ0) is 30.8. The molecule has 43 heavy (non-hydrogen) atoms. The van der Waals surface area contributed by atoms with Gasteiger partial charge < -0.3 is 48.8 Å². The molecule has 0 aromatic heterocycles. The number of carbonyl (C=O) groups excluding carboxylic acids is 3. The van der Waals surface area contributed by atoms with Crippen LogP contribution in [0, 0.1) is 0 Å². The van der Waals surface area contributed by atoms with Crippen molar-refractivity contribution in [3.8, 4) is 40.2 Å². The normalized spacial score (nSPS) is 20.4. The van der Waals surface area contributed by atoms with Crippen LogP contribution in [0.15, 0.2) is 48.5 Å². The Hall–Kier alpha value is -5.17. The van der Waals surface area contributed by atoms with E-state index in [0.29, 0.717) is 11.1 Å². The second-order valence-electron chi connectivity index (χ2n) is 9.68. The smallest absolute Gasteiger partial charge is 0.317 e. The number of esters is 2. The van der Waals surface area contributed by atoms with Gasteiger partial charge in [-0.05, 0) is 36.8 Å². The number of Topliss-reactive ketones (excluding diaryl/α,β-unsaturated/α-hetero) is 1. The first-order valence-corrected chi connectivity index (χ1v) is 13.2. The van der Waals surface area contributed by atoms with E-state index in [9.17, 15) is 34.8 Å². The summed E-state index contributed by atoms with van der Waals surface area (Å²) in [6.45, 7) is 1.42. The first-order chi connectivity index (χ1) is 20.6. The summed E-state index contributed by atoms with van der Waals surface area (Å²) >= 11 is 0. The van der Waals surface area contributed by atoms with E-state index in [2.05, 4.69) is 0 Å². The molecule has 0 aliphatic carbocycles. The Kier molecular flexibility index (Phi) is 8.17. The van der Waals surface area contributed by atoms with E-state index in [0.717, 1.165) is 12.1 Å². The van der Waals surface area contributed by atoms with Crippen molar-refractivity contribution < 1.29 is 63.2 Å². The minimum Gasteiger partial charge on any atom is -0.508 e. The average molecular weight is 597 g/mol. The summed E-state index contributed by atoms with van der Waals surface area (Å²) in [6.07, 6.45) is -5.31. The first-order valence-electron chi connectivity index (χ1n) is 13.2. The Bertz CT molecular complexity index is 1570. The molecule has 3 aromatic carbocycles. The molecule has 0 saturated carbocycles. The molecule has 0 spiro atoms. The van der Waals surface area contributed by atoms with Crippen LogP contribution in [0.2, 0.25) is 0 Å². The molecule has 0 saturated heterocycles. The van der Waals surface area contributed by atoms with Gasteiger partial charge in [0.2, 0.25) is 5.78 Å². The number of ketones is 1. The van der Waals surface area contributed by atoms with E-state index in [1.807, 2.05) is 0 Å². The van der Waals surface area contributed by atoms with Crippen LogP contribution < -0.4 is 18.9 Å². The van der Waals surface area contributed by atoms with Crippen molar-refractivity contribution in [1.29, 1.82) is 0 Å². The lowest BCUT2D eigenvalue weighted by Gasteiger charge is -2.35. The Morgan fingerprint density at radius 1 is 0.814 bits per heavy atom. The van der Waals surface area contributed by atoms with Gasteiger partial charge in [0.05, 0.1) is 13.7 Å². The van der Waals surface area contributed by atoms with Gasteiger partial charge in [0, 0.05) is 17.7 Å². The van der Waals surface area contributed by atoms with Crippen LogP contribution in [0.1, 0.15) is 47.0 Å². The number of aliphatic hydroxyl groups is 1. The van der Waals surface area contributed by atoms with E-state index in [4.69, 9.17) is 28.4 Å². The molecule has 13 heteroatoms. The molecule has 2 aliphatic rings. The molecular weight excluding hydrogens is 568 g/mol. The zero-order valence-electron chi connectivity index (χ0n) is 23.0. The van der Waals surface area contributed by atoms with Gasteiger partial charge in [-0.25, -0.2) is 0 Å². The van der Waals surface area contributed by atoms with Crippen molar-refractivity contribution in [1.82, 2.24) is 0 Å². The SMILES string of the molecule is CCOC(=O)CC(=O)OC[C@H]1Oc2ccc([C@H]3Oc4cc(O)cc(O)c4C(=O)[C@@H]3O)cc2O[C@H]1c1ccc(O)c(OC)c1. The monoisotopic (exact) mass is 596 g/mol. The molecule has 5 rings (SSSR count). The average Bonchev–Trinajstić information content (AvgIpc) is 2.97. The van der Waals surface area contributed by atoms with Crippen LogP contribution in [-0.4, -0.2) is 70.7 Å². The van der Waals surface area contributed by atoms with Crippen molar-refractivity contribution in [3.05, 3.63) is 65.2 Å². The molecule has 0 unspecified atom stereocenters. The molecule has 13 nitrogen and oxygen atoms in total. The third-order valence-electron chi connectivity index (χ3n) is 6.82. The summed E-state index contributed by atoms with van der Waals surface area (Å²) in [5, 5.41) is 40.8. The number of rotatable bonds is 8. The number of carbonyl (C=O) groups is 3. The number of aliphatic hydroxyl groups excluding tert-OH is 1. The third kappa shape index (κ3) is 5.93. The number of ether oxygens (including phenoxy) is 6. The van der Waals surface area contributed by atoms with Gasteiger partial charge in [-0.3, -0.25) is 14.4 Å². The number of aromatic hydroxyl groups is 3. The molecule has 0 bridgehead atoms. The van der Waals surface area contributed by atoms with Crippen molar-refractivity contribution in [2.45, 2.75) is 37.8 Å². The predicted molar refractivity (Wildman–Crippen MR) is 145 cm³/mol. The highest BCUT2D eigenvalue weighted by Crippen LogP contribution is 2.46. The molecule has 3 aromatic rings. The van der Waals surface area contributed by atoms with Crippen molar-refractivity contribution in [2.75, 3.05) is 20.3 Å². The highest BCUT2D eigenvalue weighted by Gasteiger charge is 2.41. The van der Waals surface area contributed by atoms with Gasteiger partial charge >= 0.3 is 11.9 Å². The fraction of sp³-hybridized carbons (Fsp3) is 0.300. The number of phenolic OH excluding ortho intramolecular Hbond substituents is 3. The van der Waals surface area contributed by atoms with Crippen LogP contribution in [0.4, 0.5) is 0 Å². The summed E-state index contributed by atoms with van der Waals surface area (Å²) in [7, 11) is 1.38. The van der Waals surface area contributed by atoms with Crippen LogP contribution in [-0.2, 0) is 19.1 Å². The summed E-state index contributed by atoms with van der Waals surface area (Å²) in [5.74, 6) is -2.84. The van der Waals surface area contributed by atoms with Crippen molar-refractivity contribution in [2.24, 2.45) is 0 Å². The van der Waals surface area contributed by atoms with Gasteiger partial charge in [0.15, 0.2) is 47.4 Å². The van der Waals surface area contributed by atoms with Crippen LogP contribution in [0.5, 0.6) is 40.2 Å². The van der Waals surface area contributed by atoms with Crippen molar-refractivity contribution in [3.63, 3.8) is 0 Å². The largest absolute Gasteiger partial charge is 0.508 e. The van der Waals surface area contributed by atoms with Crippen LogP contribution in [0.25, 0.3) is 0 Å². The quantitative estimate of drug-likeness (QED) is 0.220. The van der Waals surface area contributed by atoms with E-state index < -0.39 is 54.3 Å². The molecule has 0 fully saturated rings. The molecule has 2 aliphatic heterocycles. The summed E-state index contributed by atoms with van der Waals surface area (Å²) in [4.78, 5) is 36.8. The Morgan fingerprint density at radius 3 is 2.26 bits per heavy atom. The number of hydrogen-bond donors (Lipinski definition) is 4. The maximum Gasteiger partial charge on any atom is 0.317 e. The second kappa shape index (κ2) is 12.0. The number of hydrogen-bond acceptors (Lipinski definition) is 13. The molecular formula is C30H28O13. The van der Waals surface area contributed by atoms with E-state index in [-0.39, 0.29) is 53.3 Å². The Balaban J connectivity index is 1.44. The summed E-state index contributed by atoms with van der Waals surface area (Å²) in [5.41, 5.74) is 0.556. The standard InChI is InChI=1S/C30H28O13/c1-3-39-24(34)12-25(35)40-13-23-29(14-4-6-17(32)20(8-14)38-2)42-21-9-15(5-7-19(21)41-23)30-28(37)27(36)26-18(33)10-16(31)11-22(26)43-30/h4-11,23,28-33,37H,3,12-13H2,1-2H3/t23-,28+,29+,30-/m1/s1. The van der Waals surface area contributed by atoms with E-state index in [1.165, 1.54) is 37.4 Å². The molecule has 4 N–H and O–H groups in total. The van der Waals surface area contributed by atoms with Crippen molar-refractivity contribution >= 4 is 17.7 Å². The maximum absolute atomic E-state index is 12.9. The van der Waals surface area contributed by atoms with Gasteiger partial charge in [0.25, 0.3) is 0 Å². The lowest BCUT2D eigenvalue weighted by molar-refractivity contribution is -0.157. The maximum atomic E-state index is 12.9. The number of phenols is 3. The fourth-order valence-corrected chi connectivity index (χ4v) is 4.82. The lowest BCUT2D eigenvalue weighted by Crippen LogP contribution is -2.38. The fourth-order valence-electron chi connectivity index (χ4n) is 4.82. The predicted octanol–water partition coefficient (Wildman–Crippen LogP) is 2.87. The second-order valence-corrected chi connectivity index (χ2v) is 9.68. The van der Waals surface area contributed by atoms with E-state index in [1.54, 1.807) is 13.0 Å². The third-order valence-corrected chi connectivity index (χ3v) is 6.82. The zero-order valence-corrected chi connectivity index (χ0v) is 23.0. The molecule has 0 amide bonds. The number of methoxy groups -OCH3 is 1. The van der Waals surface area contributed by atoms with Crippen LogP contribution in [0.3, 0.4) is 0 Å². The van der Waals surface area contributed by atoms with Gasteiger partial charge in [0.1, 0.15) is 35.8 Å². The highest BCUT2D eigenvalue weighted by atomic mass is 16.6. The summed E-state index contributed by atoms with van der Waals surface area (Å²) in [6, 6.07) is 11.2. The minimum absolute atomic E-state index is 0.105. The minimum atomic E-state index is -1.69. The Morgan fingerprint density at radius 2 is 1.51 bits per heavy atom. The number of fused-ring (bicyclic) bond motifs is 2. The van der Waals surface area contributed by atoms with E-state index >= 15 is 0 Å². The Labute approximate surface area is 244 Å². The summed E-state index contributed by atoms with van der Waals surface area (Å²) < 4.78 is 33.5. The van der Waals surface area contributed by atoms with Gasteiger partial charge in [-0.15, -0.1) is 0 Å². The lowest BCUT2D eigenvalue weighted by atomic mass is 9.92. The molecule has 2 heterocycles. The first kappa shape index (κ1) is 29.3. The van der Waals surface area contributed by atoms with Gasteiger partial charge in [-0.1, -0.05) is 12.1 Å². The highest BCUT2D eigenvalue weighted by molar-refractivity contribution is 6.05. The topological polar surface area (TPSA) is 188 Å². The molecule has 226 valence electrons. The van der Waals surface area contributed by atoms with Gasteiger partial charge in [-0.2, -0.15) is 0 Å².